The van der Waals surface area contributed by atoms with Crippen LogP contribution in [0, 0.1) is 10.8 Å². The van der Waals surface area contributed by atoms with Crippen molar-refractivity contribution in [2.24, 2.45) is 10.8 Å². The lowest BCUT2D eigenvalue weighted by Gasteiger charge is -2.25. The summed E-state index contributed by atoms with van der Waals surface area (Å²) in [5.74, 6) is 0. The highest BCUT2D eigenvalue weighted by Gasteiger charge is 2.19. The van der Waals surface area contributed by atoms with E-state index in [1.165, 1.54) is 83.5 Å². The third-order valence-electron chi connectivity index (χ3n) is 5.16. The van der Waals surface area contributed by atoms with E-state index < -0.39 is 0 Å². The van der Waals surface area contributed by atoms with Gasteiger partial charge in [0.05, 0.1) is 0 Å². The van der Waals surface area contributed by atoms with Crippen molar-refractivity contribution < 1.29 is 0 Å². The Labute approximate surface area is 122 Å². The van der Waals surface area contributed by atoms with Crippen molar-refractivity contribution in [3.05, 3.63) is 0 Å². The van der Waals surface area contributed by atoms with Gasteiger partial charge in [0.15, 0.2) is 0 Å². The lowest BCUT2D eigenvalue weighted by molar-refractivity contribution is 0.277. The van der Waals surface area contributed by atoms with Crippen LogP contribution in [-0.2, 0) is 0 Å². The van der Waals surface area contributed by atoms with E-state index in [2.05, 4.69) is 27.7 Å². The molecule has 0 spiro atoms. The third-order valence-corrected chi connectivity index (χ3v) is 5.16. The largest absolute Gasteiger partial charge is 0.0599 e. The van der Waals surface area contributed by atoms with Gasteiger partial charge in [-0.25, -0.2) is 0 Å². The van der Waals surface area contributed by atoms with Crippen molar-refractivity contribution in [2.45, 2.75) is 111 Å². The Morgan fingerprint density at radius 2 is 0.579 bits per heavy atom. The molecule has 0 saturated heterocycles. The Morgan fingerprint density at radius 3 is 0.842 bits per heavy atom. The summed E-state index contributed by atoms with van der Waals surface area (Å²) in [5.41, 5.74) is 1.19. The Morgan fingerprint density at radius 1 is 0.368 bits per heavy atom. The van der Waals surface area contributed by atoms with Gasteiger partial charge in [-0.1, -0.05) is 85.5 Å². The molecule has 0 radical (unpaired) electrons. The Kier molecular flexibility index (Phi) is 7.47. The molecule has 0 heterocycles. The summed E-state index contributed by atoms with van der Waals surface area (Å²) in [6, 6.07) is 0. The molecule has 0 nitrogen and oxygen atoms in total. The molecule has 1 aliphatic rings. The minimum atomic E-state index is 0.597. The Hall–Kier alpha value is 0. The van der Waals surface area contributed by atoms with Crippen molar-refractivity contribution in [2.75, 3.05) is 0 Å². The van der Waals surface area contributed by atoms with Gasteiger partial charge >= 0.3 is 0 Å². The van der Waals surface area contributed by atoms with Crippen molar-refractivity contribution in [1.29, 1.82) is 0 Å². The minimum absolute atomic E-state index is 0.597. The van der Waals surface area contributed by atoms with E-state index >= 15 is 0 Å². The van der Waals surface area contributed by atoms with Crippen molar-refractivity contribution in [1.82, 2.24) is 0 Å². The predicted molar refractivity (Wildman–Crippen MR) is 87.6 cm³/mol. The van der Waals surface area contributed by atoms with Crippen molar-refractivity contribution >= 4 is 0 Å². The molecule has 0 heteroatoms. The van der Waals surface area contributed by atoms with Crippen LogP contribution >= 0.6 is 0 Å². The molecule has 0 aliphatic heterocycles. The van der Waals surface area contributed by atoms with Gasteiger partial charge in [0, 0.05) is 0 Å². The van der Waals surface area contributed by atoms with Crippen LogP contribution in [0.1, 0.15) is 111 Å². The van der Waals surface area contributed by atoms with Gasteiger partial charge in [-0.15, -0.1) is 0 Å². The maximum absolute atomic E-state index is 2.48. The van der Waals surface area contributed by atoms with Gasteiger partial charge in [0.25, 0.3) is 0 Å². The SMILES string of the molecule is CC1(C)CCCCCCCC(C)(C)CCCCCC1. The lowest BCUT2D eigenvalue weighted by atomic mass is 9.81. The van der Waals surface area contributed by atoms with E-state index in [-0.39, 0.29) is 0 Å². The molecule has 1 saturated carbocycles. The van der Waals surface area contributed by atoms with Gasteiger partial charge in [0.1, 0.15) is 0 Å². The molecule has 114 valence electrons. The monoisotopic (exact) mass is 266 g/mol. The van der Waals surface area contributed by atoms with E-state index in [9.17, 15) is 0 Å². The second kappa shape index (κ2) is 8.32. The number of hydrogen-bond acceptors (Lipinski definition) is 0. The predicted octanol–water partition coefficient (Wildman–Crippen LogP) is 7.12. The highest BCUT2D eigenvalue weighted by molar-refractivity contribution is 4.71. The van der Waals surface area contributed by atoms with Crippen molar-refractivity contribution in [3.63, 3.8) is 0 Å². The number of hydrogen-bond donors (Lipinski definition) is 0. The zero-order valence-corrected chi connectivity index (χ0v) is 14.2. The van der Waals surface area contributed by atoms with Gasteiger partial charge < -0.3 is 0 Å². The zero-order valence-electron chi connectivity index (χ0n) is 14.2. The van der Waals surface area contributed by atoms with E-state index in [0.717, 1.165) is 0 Å². The third kappa shape index (κ3) is 8.71. The van der Waals surface area contributed by atoms with Gasteiger partial charge in [0.2, 0.25) is 0 Å². The molecule has 1 fully saturated rings. The van der Waals surface area contributed by atoms with Crippen LogP contribution in [0.2, 0.25) is 0 Å². The summed E-state index contributed by atoms with van der Waals surface area (Å²) in [6.07, 6.45) is 18.9. The highest BCUT2D eigenvalue weighted by atomic mass is 14.2. The fraction of sp³-hybridized carbons (Fsp3) is 1.00. The van der Waals surface area contributed by atoms with Crippen LogP contribution in [0.5, 0.6) is 0 Å². The Bertz CT molecular complexity index is 200. The van der Waals surface area contributed by atoms with Crippen LogP contribution in [0.25, 0.3) is 0 Å². The van der Waals surface area contributed by atoms with E-state index in [4.69, 9.17) is 0 Å². The van der Waals surface area contributed by atoms with Crippen LogP contribution in [0.15, 0.2) is 0 Å². The first-order valence-corrected chi connectivity index (χ1v) is 8.91. The molecule has 0 aromatic heterocycles. The van der Waals surface area contributed by atoms with Crippen LogP contribution < -0.4 is 0 Å². The van der Waals surface area contributed by atoms with Crippen LogP contribution in [-0.4, -0.2) is 0 Å². The second-order valence-electron chi connectivity index (χ2n) is 8.51. The number of rotatable bonds is 0. The summed E-state index contributed by atoms with van der Waals surface area (Å²) in [4.78, 5) is 0. The fourth-order valence-corrected chi connectivity index (χ4v) is 3.55. The van der Waals surface area contributed by atoms with Gasteiger partial charge in [-0.2, -0.15) is 0 Å². The molecule has 1 aliphatic carbocycles. The summed E-state index contributed by atoms with van der Waals surface area (Å²) >= 11 is 0. The molecule has 0 unspecified atom stereocenters. The maximum Gasteiger partial charge on any atom is -0.0354 e. The van der Waals surface area contributed by atoms with E-state index in [0.29, 0.717) is 10.8 Å². The summed E-state index contributed by atoms with van der Waals surface area (Å²) in [6.45, 7) is 9.92. The summed E-state index contributed by atoms with van der Waals surface area (Å²) < 4.78 is 0. The lowest BCUT2D eigenvalue weighted by Crippen LogP contribution is -2.11. The summed E-state index contributed by atoms with van der Waals surface area (Å²) in [5, 5.41) is 0. The minimum Gasteiger partial charge on any atom is -0.0599 e. The smallest absolute Gasteiger partial charge is 0.0354 e. The highest BCUT2D eigenvalue weighted by Crippen LogP contribution is 2.33. The molecule has 0 aromatic rings. The molecular weight excluding hydrogens is 228 g/mol. The second-order valence-corrected chi connectivity index (χ2v) is 8.51. The first-order valence-electron chi connectivity index (χ1n) is 8.91. The topological polar surface area (TPSA) is 0 Å². The molecule has 0 amide bonds. The quantitative estimate of drug-likeness (QED) is 0.437. The molecule has 19 heavy (non-hydrogen) atoms. The first-order chi connectivity index (χ1) is 8.91. The molecule has 0 aromatic carbocycles. The van der Waals surface area contributed by atoms with Crippen LogP contribution in [0.3, 0.4) is 0 Å². The average molecular weight is 267 g/mol. The maximum atomic E-state index is 2.48. The Balaban J connectivity index is 2.37. The summed E-state index contributed by atoms with van der Waals surface area (Å²) in [7, 11) is 0. The van der Waals surface area contributed by atoms with Crippen molar-refractivity contribution in [3.8, 4) is 0 Å². The van der Waals surface area contributed by atoms with E-state index in [1.54, 1.807) is 0 Å². The van der Waals surface area contributed by atoms with Gasteiger partial charge in [-0.3, -0.25) is 0 Å². The van der Waals surface area contributed by atoms with Gasteiger partial charge in [-0.05, 0) is 36.5 Å². The molecular formula is C19H38. The molecule has 1 rings (SSSR count). The molecule has 0 atom stereocenters. The molecule has 0 N–H and O–H groups in total. The van der Waals surface area contributed by atoms with E-state index in [1.807, 2.05) is 0 Å². The normalized spacial score (nSPS) is 27.2. The fourth-order valence-electron chi connectivity index (χ4n) is 3.55. The average Bonchev–Trinajstić information content (AvgIpc) is 2.31. The molecule has 0 bridgehead atoms. The van der Waals surface area contributed by atoms with Crippen LogP contribution in [0.4, 0.5) is 0 Å². The zero-order chi connectivity index (χ0) is 14.2. The standard InChI is InChI=1S/C19H38/c1-18(2)14-10-6-5-7-11-15-19(3,4)17-13-9-8-12-16-18/h5-17H2,1-4H3. The first kappa shape index (κ1) is 17.1.